The van der Waals surface area contributed by atoms with Gasteiger partial charge in [0.05, 0.1) is 24.8 Å². The molecule has 2 atom stereocenters. The highest BCUT2D eigenvalue weighted by Gasteiger charge is 2.34. The molecule has 3 aromatic rings. The summed E-state index contributed by atoms with van der Waals surface area (Å²) in [7, 11) is -1.35. The summed E-state index contributed by atoms with van der Waals surface area (Å²) in [4.78, 5) is 29.0. The van der Waals surface area contributed by atoms with Gasteiger partial charge in [0.2, 0.25) is 11.8 Å². The van der Waals surface area contributed by atoms with E-state index < -0.39 is 28.5 Å². The lowest BCUT2D eigenvalue weighted by atomic mass is 10.1. The van der Waals surface area contributed by atoms with Gasteiger partial charge in [-0.3, -0.25) is 13.9 Å². The number of anilines is 1. The van der Waals surface area contributed by atoms with Gasteiger partial charge in [0.15, 0.2) is 11.5 Å². The maximum atomic E-state index is 14.2. The number of amides is 2. The molecule has 3 rings (SSSR count). The van der Waals surface area contributed by atoms with E-state index >= 15 is 0 Å². The molecule has 0 heterocycles. The van der Waals surface area contributed by atoms with E-state index in [-0.39, 0.29) is 29.1 Å². The summed E-state index contributed by atoms with van der Waals surface area (Å²) < 4.78 is 40.0. The molecule has 0 saturated carbocycles. The summed E-state index contributed by atoms with van der Waals surface area (Å²) in [6.45, 7) is 7.38. The molecule has 232 valence electrons. The fourth-order valence-electron chi connectivity index (χ4n) is 4.68. The molecule has 0 saturated heterocycles. The third-order valence-corrected chi connectivity index (χ3v) is 9.18. The number of benzene rings is 3. The lowest BCUT2D eigenvalue weighted by molar-refractivity contribution is -0.139. The van der Waals surface area contributed by atoms with Crippen molar-refractivity contribution in [2.75, 3.05) is 31.6 Å². The van der Waals surface area contributed by atoms with Crippen LogP contribution in [0.3, 0.4) is 0 Å². The minimum atomic E-state index is -4.25. The van der Waals surface area contributed by atoms with Crippen molar-refractivity contribution in [3.8, 4) is 11.5 Å². The minimum absolute atomic E-state index is 0.0593. The number of sulfonamides is 1. The topological polar surface area (TPSA) is 105 Å². The van der Waals surface area contributed by atoms with Gasteiger partial charge in [0.1, 0.15) is 12.6 Å². The number of rotatable bonds is 15. The van der Waals surface area contributed by atoms with Gasteiger partial charge in [0.25, 0.3) is 10.0 Å². The average Bonchev–Trinajstić information content (AvgIpc) is 3.02. The van der Waals surface area contributed by atoms with Crippen molar-refractivity contribution in [1.82, 2.24) is 10.2 Å². The van der Waals surface area contributed by atoms with Crippen LogP contribution in [-0.2, 0) is 26.0 Å². The van der Waals surface area contributed by atoms with Crippen molar-refractivity contribution in [2.45, 2.75) is 63.9 Å². The second-order valence-electron chi connectivity index (χ2n) is 10.4. The molecule has 9 nitrogen and oxygen atoms in total. The fraction of sp³-hybridized carbons (Fsp3) is 0.394. The summed E-state index contributed by atoms with van der Waals surface area (Å²) in [5.74, 6) is -0.116. The Hall–Kier alpha value is -4.05. The second kappa shape index (κ2) is 15.4. The average molecular weight is 610 g/mol. The van der Waals surface area contributed by atoms with Crippen LogP contribution in [-0.4, -0.2) is 64.5 Å². The standard InChI is InChI=1S/C33H43N3O6S/c1-7-25(4)34-33(38)29(8-2)35(21-20-26-12-10-9-11-13-26)32(37)23-36(27-16-14-24(3)15-17-27)43(39,40)28-18-19-30(41-5)31(22-28)42-6/h9-19,22,25,29H,7-8,20-21,23H2,1-6H3,(H,34,38)/t25-,29-/m0/s1. The minimum Gasteiger partial charge on any atom is -0.493 e. The number of methoxy groups -OCH3 is 2. The number of carbonyl (C=O) groups is 2. The Morgan fingerprint density at radius 1 is 0.884 bits per heavy atom. The summed E-state index contributed by atoms with van der Waals surface area (Å²) in [5.41, 5.74) is 2.27. The van der Waals surface area contributed by atoms with Crippen LogP contribution in [0.25, 0.3) is 0 Å². The Bertz CT molecular complexity index is 1460. The maximum Gasteiger partial charge on any atom is 0.264 e. The van der Waals surface area contributed by atoms with Gasteiger partial charge in [-0.05, 0) is 62.9 Å². The summed E-state index contributed by atoms with van der Waals surface area (Å²) in [5, 5.41) is 2.99. The molecule has 1 N–H and O–H groups in total. The summed E-state index contributed by atoms with van der Waals surface area (Å²) >= 11 is 0. The van der Waals surface area contributed by atoms with E-state index in [9.17, 15) is 18.0 Å². The fourth-order valence-corrected chi connectivity index (χ4v) is 6.11. The zero-order valence-corrected chi connectivity index (χ0v) is 26.7. The first kappa shape index (κ1) is 33.5. The molecule has 0 aromatic heterocycles. The molecule has 0 radical (unpaired) electrons. The van der Waals surface area contributed by atoms with E-state index in [0.717, 1.165) is 21.9 Å². The monoisotopic (exact) mass is 609 g/mol. The molecule has 43 heavy (non-hydrogen) atoms. The lowest BCUT2D eigenvalue weighted by Gasteiger charge is -2.33. The van der Waals surface area contributed by atoms with E-state index in [1.165, 1.54) is 37.3 Å². The molecule has 10 heteroatoms. The van der Waals surface area contributed by atoms with Gasteiger partial charge in [-0.2, -0.15) is 0 Å². The van der Waals surface area contributed by atoms with Crippen LogP contribution in [0.5, 0.6) is 11.5 Å². The maximum absolute atomic E-state index is 14.2. The number of carbonyl (C=O) groups excluding carboxylic acids is 2. The number of nitrogens with one attached hydrogen (secondary N) is 1. The van der Waals surface area contributed by atoms with Crippen LogP contribution < -0.4 is 19.1 Å². The highest BCUT2D eigenvalue weighted by molar-refractivity contribution is 7.92. The normalized spacial score (nSPS) is 12.6. The largest absolute Gasteiger partial charge is 0.493 e. The van der Waals surface area contributed by atoms with E-state index in [0.29, 0.717) is 24.3 Å². The Balaban J connectivity index is 2.05. The molecule has 0 fully saturated rings. The van der Waals surface area contributed by atoms with Gasteiger partial charge in [0, 0.05) is 18.7 Å². The van der Waals surface area contributed by atoms with E-state index in [2.05, 4.69) is 5.32 Å². The third-order valence-electron chi connectivity index (χ3n) is 7.41. The van der Waals surface area contributed by atoms with Gasteiger partial charge in [-0.25, -0.2) is 8.42 Å². The number of hydrogen-bond donors (Lipinski definition) is 1. The SMILES string of the molecule is CC[C@H](C)NC(=O)[C@H](CC)N(CCc1ccccc1)C(=O)CN(c1ccc(C)cc1)S(=O)(=O)c1ccc(OC)c(OC)c1. The molecule has 0 aliphatic heterocycles. The van der Waals surface area contributed by atoms with Gasteiger partial charge < -0.3 is 19.7 Å². The molecule has 0 aliphatic rings. The van der Waals surface area contributed by atoms with Gasteiger partial charge in [-0.1, -0.05) is 61.9 Å². The van der Waals surface area contributed by atoms with Crippen molar-refractivity contribution >= 4 is 27.5 Å². The first-order chi connectivity index (χ1) is 20.5. The highest BCUT2D eigenvalue weighted by Crippen LogP contribution is 2.32. The van der Waals surface area contributed by atoms with E-state index in [1.54, 1.807) is 24.3 Å². The predicted molar refractivity (Wildman–Crippen MR) is 169 cm³/mol. The third kappa shape index (κ3) is 8.50. The summed E-state index contributed by atoms with van der Waals surface area (Å²) in [6, 6.07) is 20.1. The lowest BCUT2D eigenvalue weighted by Crippen LogP contribution is -2.54. The number of hydrogen-bond acceptors (Lipinski definition) is 6. The predicted octanol–water partition coefficient (Wildman–Crippen LogP) is 4.97. The Kier molecular flexibility index (Phi) is 12.0. The van der Waals surface area contributed by atoms with Crippen molar-refractivity contribution in [1.29, 1.82) is 0 Å². The van der Waals surface area contributed by atoms with Crippen LogP contribution in [0.2, 0.25) is 0 Å². The van der Waals surface area contributed by atoms with Crippen LogP contribution in [0.15, 0.2) is 77.7 Å². The Labute approximate surface area is 255 Å². The number of nitrogens with zero attached hydrogens (tertiary/aromatic N) is 2. The van der Waals surface area contributed by atoms with Gasteiger partial charge >= 0.3 is 0 Å². The molecular weight excluding hydrogens is 566 g/mol. The molecule has 2 amide bonds. The Morgan fingerprint density at radius 3 is 2.12 bits per heavy atom. The first-order valence-electron chi connectivity index (χ1n) is 14.5. The molecule has 0 unspecified atom stereocenters. The zero-order valence-electron chi connectivity index (χ0n) is 25.9. The quantitative estimate of drug-likeness (QED) is 0.261. The summed E-state index contributed by atoms with van der Waals surface area (Å²) in [6.07, 6.45) is 1.62. The van der Waals surface area contributed by atoms with E-state index in [1.807, 2.05) is 58.0 Å². The van der Waals surface area contributed by atoms with Crippen LogP contribution in [0.1, 0.15) is 44.7 Å². The van der Waals surface area contributed by atoms with Crippen molar-refractivity contribution in [3.63, 3.8) is 0 Å². The molecule has 0 bridgehead atoms. The van der Waals surface area contributed by atoms with E-state index in [4.69, 9.17) is 9.47 Å². The molecule has 0 aliphatic carbocycles. The van der Waals surface area contributed by atoms with Crippen LogP contribution >= 0.6 is 0 Å². The van der Waals surface area contributed by atoms with Crippen molar-refractivity contribution in [3.05, 3.63) is 83.9 Å². The van der Waals surface area contributed by atoms with Crippen molar-refractivity contribution < 1.29 is 27.5 Å². The zero-order chi connectivity index (χ0) is 31.6. The first-order valence-corrected chi connectivity index (χ1v) is 15.9. The van der Waals surface area contributed by atoms with Crippen molar-refractivity contribution in [2.24, 2.45) is 0 Å². The Morgan fingerprint density at radius 2 is 1.53 bits per heavy atom. The highest BCUT2D eigenvalue weighted by atomic mass is 32.2. The second-order valence-corrected chi connectivity index (χ2v) is 12.3. The smallest absolute Gasteiger partial charge is 0.264 e. The van der Waals surface area contributed by atoms with Crippen LogP contribution in [0, 0.1) is 6.92 Å². The number of ether oxygens (including phenoxy) is 2. The molecule has 0 spiro atoms. The molecule has 3 aromatic carbocycles. The van der Waals surface area contributed by atoms with Gasteiger partial charge in [-0.15, -0.1) is 0 Å². The molecular formula is C33H43N3O6S. The number of aryl methyl sites for hydroxylation is 1. The van der Waals surface area contributed by atoms with Crippen LogP contribution in [0.4, 0.5) is 5.69 Å².